The lowest BCUT2D eigenvalue weighted by Crippen LogP contribution is -2.26. The summed E-state index contributed by atoms with van der Waals surface area (Å²) in [6, 6.07) is 0. The number of aromatic nitrogens is 1. The highest BCUT2D eigenvalue weighted by atomic mass is 32.1. The molecule has 0 bridgehead atoms. The fourth-order valence-electron chi connectivity index (χ4n) is 1.58. The second-order valence-electron chi connectivity index (χ2n) is 5.45. The Bertz CT molecular complexity index is 324. The molecule has 0 atom stereocenters. The van der Waals surface area contributed by atoms with Crippen LogP contribution in [0.15, 0.2) is 6.20 Å². The van der Waals surface area contributed by atoms with E-state index in [9.17, 15) is 0 Å². The van der Waals surface area contributed by atoms with Gasteiger partial charge >= 0.3 is 0 Å². The van der Waals surface area contributed by atoms with Crippen molar-refractivity contribution in [3.05, 3.63) is 11.1 Å². The van der Waals surface area contributed by atoms with E-state index in [2.05, 4.69) is 49.8 Å². The van der Waals surface area contributed by atoms with Crippen LogP contribution in [0.25, 0.3) is 0 Å². The van der Waals surface area contributed by atoms with E-state index in [1.807, 2.05) is 6.20 Å². The zero-order chi connectivity index (χ0) is 12.9. The molecular formula is C13H25N3S. The number of thiazole rings is 1. The number of anilines is 1. The summed E-state index contributed by atoms with van der Waals surface area (Å²) in [5.74, 6) is 0. The fourth-order valence-corrected chi connectivity index (χ4v) is 2.59. The standard InChI is InChI=1S/C13H25N3S/c1-6-16(7-2)12-15-9-11(17-12)8-14-10-13(3,4)5/h9,14H,6-8,10H2,1-5H3. The molecule has 0 saturated heterocycles. The molecule has 0 radical (unpaired) electrons. The van der Waals surface area contributed by atoms with Gasteiger partial charge in [-0.15, -0.1) is 11.3 Å². The van der Waals surface area contributed by atoms with Crippen LogP contribution in [0.4, 0.5) is 5.13 Å². The molecule has 1 rings (SSSR count). The maximum atomic E-state index is 4.48. The van der Waals surface area contributed by atoms with E-state index in [0.29, 0.717) is 5.41 Å². The summed E-state index contributed by atoms with van der Waals surface area (Å²) in [6.07, 6.45) is 1.99. The van der Waals surface area contributed by atoms with Gasteiger partial charge in [0.15, 0.2) is 5.13 Å². The van der Waals surface area contributed by atoms with Gasteiger partial charge in [-0.25, -0.2) is 4.98 Å². The Kier molecular flexibility index (Phi) is 5.40. The quantitative estimate of drug-likeness (QED) is 0.846. The number of rotatable bonds is 6. The molecule has 0 aliphatic carbocycles. The van der Waals surface area contributed by atoms with Crippen molar-refractivity contribution in [2.75, 3.05) is 24.5 Å². The summed E-state index contributed by atoms with van der Waals surface area (Å²) in [7, 11) is 0. The first kappa shape index (κ1) is 14.5. The van der Waals surface area contributed by atoms with Crippen LogP contribution in [0.2, 0.25) is 0 Å². The largest absolute Gasteiger partial charge is 0.349 e. The molecule has 0 spiro atoms. The van der Waals surface area contributed by atoms with Gasteiger partial charge in [0.1, 0.15) is 0 Å². The Morgan fingerprint density at radius 1 is 1.29 bits per heavy atom. The topological polar surface area (TPSA) is 28.2 Å². The van der Waals surface area contributed by atoms with E-state index < -0.39 is 0 Å². The van der Waals surface area contributed by atoms with Crippen LogP contribution in [0.5, 0.6) is 0 Å². The van der Waals surface area contributed by atoms with Crippen LogP contribution in [0.1, 0.15) is 39.5 Å². The second-order valence-corrected chi connectivity index (χ2v) is 6.54. The van der Waals surface area contributed by atoms with Crippen molar-refractivity contribution in [2.45, 2.75) is 41.2 Å². The van der Waals surface area contributed by atoms with Gasteiger partial charge in [0.25, 0.3) is 0 Å². The van der Waals surface area contributed by atoms with Crippen molar-refractivity contribution in [2.24, 2.45) is 5.41 Å². The number of nitrogens with zero attached hydrogens (tertiary/aromatic N) is 2. The summed E-state index contributed by atoms with van der Waals surface area (Å²) in [4.78, 5) is 8.08. The molecule has 0 amide bonds. The van der Waals surface area contributed by atoms with Gasteiger partial charge in [0, 0.05) is 37.3 Å². The van der Waals surface area contributed by atoms with Crippen LogP contribution in [-0.4, -0.2) is 24.6 Å². The van der Waals surface area contributed by atoms with Gasteiger partial charge in [0.2, 0.25) is 0 Å². The maximum absolute atomic E-state index is 4.48. The normalized spacial score (nSPS) is 11.8. The minimum atomic E-state index is 0.340. The lowest BCUT2D eigenvalue weighted by atomic mass is 9.97. The van der Waals surface area contributed by atoms with Crippen molar-refractivity contribution < 1.29 is 0 Å². The molecule has 17 heavy (non-hydrogen) atoms. The zero-order valence-corrected chi connectivity index (χ0v) is 12.5. The predicted octanol–water partition coefficient (Wildman–Crippen LogP) is 3.13. The Morgan fingerprint density at radius 3 is 2.47 bits per heavy atom. The van der Waals surface area contributed by atoms with Crippen molar-refractivity contribution in [1.82, 2.24) is 10.3 Å². The molecular weight excluding hydrogens is 230 g/mol. The molecule has 1 N–H and O–H groups in total. The van der Waals surface area contributed by atoms with Crippen LogP contribution in [0.3, 0.4) is 0 Å². The summed E-state index contributed by atoms with van der Waals surface area (Å²) in [5.41, 5.74) is 0.340. The van der Waals surface area contributed by atoms with Gasteiger partial charge in [-0.05, 0) is 19.3 Å². The highest BCUT2D eigenvalue weighted by Crippen LogP contribution is 2.22. The average Bonchev–Trinajstić information content (AvgIpc) is 2.67. The summed E-state index contributed by atoms with van der Waals surface area (Å²) in [6.45, 7) is 15.1. The van der Waals surface area contributed by atoms with E-state index in [4.69, 9.17) is 0 Å². The second kappa shape index (κ2) is 6.36. The predicted molar refractivity (Wildman–Crippen MR) is 76.8 cm³/mol. The van der Waals surface area contributed by atoms with Crippen LogP contribution >= 0.6 is 11.3 Å². The third-order valence-electron chi connectivity index (χ3n) is 2.53. The molecule has 0 fully saturated rings. The molecule has 0 aromatic carbocycles. The zero-order valence-electron chi connectivity index (χ0n) is 11.7. The Morgan fingerprint density at radius 2 is 1.94 bits per heavy atom. The van der Waals surface area contributed by atoms with E-state index in [1.54, 1.807) is 11.3 Å². The molecule has 0 unspecified atom stereocenters. The Hall–Kier alpha value is -0.610. The summed E-state index contributed by atoms with van der Waals surface area (Å²) < 4.78 is 0. The monoisotopic (exact) mass is 255 g/mol. The molecule has 0 aliphatic rings. The minimum Gasteiger partial charge on any atom is -0.349 e. The van der Waals surface area contributed by atoms with Crippen molar-refractivity contribution in [3.8, 4) is 0 Å². The lowest BCUT2D eigenvalue weighted by molar-refractivity contribution is 0.380. The van der Waals surface area contributed by atoms with E-state index in [-0.39, 0.29) is 0 Å². The molecule has 4 heteroatoms. The van der Waals surface area contributed by atoms with Crippen molar-refractivity contribution in [1.29, 1.82) is 0 Å². The fraction of sp³-hybridized carbons (Fsp3) is 0.769. The van der Waals surface area contributed by atoms with Crippen LogP contribution in [-0.2, 0) is 6.54 Å². The summed E-state index contributed by atoms with van der Waals surface area (Å²) in [5, 5.41) is 4.62. The molecule has 0 saturated carbocycles. The first-order chi connectivity index (χ1) is 7.96. The van der Waals surface area contributed by atoms with Gasteiger partial charge in [-0.2, -0.15) is 0 Å². The van der Waals surface area contributed by atoms with E-state index >= 15 is 0 Å². The van der Waals surface area contributed by atoms with Gasteiger partial charge in [-0.1, -0.05) is 20.8 Å². The van der Waals surface area contributed by atoms with Gasteiger partial charge in [0.05, 0.1) is 0 Å². The highest BCUT2D eigenvalue weighted by molar-refractivity contribution is 7.15. The van der Waals surface area contributed by atoms with E-state index in [1.165, 1.54) is 4.88 Å². The molecule has 0 aliphatic heterocycles. The highest BCUT2D eigenvalue weighted by Gasteiger charge is 2.10. The van der Waals surface area contributed by atoms with E-state index in [0.717, 1.165) is 31.3 Å². The molecule has 3 nitrogen and oxygen atoms in total. The SMILES string of the molecule is CCN(CC)c1ncc(CNCC(C)(C)C)s1. The molecule has 1 aromatic rings. The molecule has 1 heterocycles. The number of hydrogen-bond donors (Lipinski definition) is 1. The smallest absolute Gasteiger partial charge is 0.185 e. The average molecular weight is 255 g/mol. The van der Waals surface area contributed by atoms with Crippen LogP contribution in [0, 0.1) is 5.41 Å². The molecule has 1 aromatic heterocycles. The van der Waals surface area contributed by atoms with Crippen LogP contribution < -0.4 is 10.2 Å². The first-order valence-electron chi connectivity index (χ1n) is 6.36. The number of nitrogens with one attached hydrogen (secondary N) is 1. The summed E-state index contributed by atoms with van der Waals surface area (Å²) >= 11 is 1.79. The van der Waals surface area contributed by atoms with Gasteiger partial charge < -0.3 is 10.2 Å². The lowest BCUT2D eigenvalue weighted by Gasteiger charge is -2.18. The maximum Gasteiger partial charge on any atom is 0.185 e. The third kappa shape index (κ3) is 5.04. The van der Waals surface area contributed by atoms with Crippen molar-refractivity contribution >= 4 is 16.5 Å². The molecule has 98 valence electrons. The van der Waals surface area contributed by atoms with Crippen molar-refractivity contribution in [3.63, 3.8) is 0 Å². The third-order valence-corrected chi connectivity index (χ3v) is 3.59. The van der Waals surface area contributed by atoms with Gasteiger partial charge in [-0.3, -0.25) is 0 Å². The minimum absolute atomic E-state index is 0.340. The Labute approximate surface area is 109 Å². The Balaban J connectivity index is 2.46. The number of hydrogen-bond acceptors (Lipinski definition) is 4. The first-order valence-corrected chi connectivity index (χ1v) is 7.18.